The van der Waals surface area contributed by atoms with E-state index in [1.54, 1.807) is 0 Å². The van der Waals surface area contributed by atoms with Crippen LogP contribution in [0, 0.1) is 5.92 Å². The van der Waals surface area contributed by atoms with Crippen molar-refractivity contribution in [2.24, 2.45) is 5.92 Å². The van der Waals surface area contributed by atoms with Crippen LogP contribution in [0.15, 0.2) is 24.3 Å². The van der Waals surface area contributed by atoms with Gasteiger partial charge >= 0.3 is 12.0 Å². The van der Waals surface area contributed by atoms with Gasteiger partial charge < -0.3 is 10.1 Å². The molecule has 0 aliphatic rings. The first-order chi connectivity index (χ1) is 10.4. The van der Waals surface area contributed by atoms with Gasteiger partial charge in [0.2, 0.25) is 0 Å². The van der Waals surface area contributed by atoms with E-state index >= 15 is 0 Å². The molecule has 0 saturated carbocycles. The summed E-state index contributed by atoms with van der Waals surface area (Å²) >= 11 is 0. The Kier molecular flexibility index (Phi) is 6.75. The predicted molar refractivity (Wildman–Crippen MR) is 78.5 cm³/mol. The minimum Gasteiger partial charge on any atom is -0.452 e. The van der Waals surface area contributed by atoms with Gasteiger partial charge in [-0.15, -0.1) is 0 Å². The minimum absolute atomic E-state index is 0.211. The zero-order valence-corrected chi connectivity index (χ0v) is 12.4. The van der Waals surface area contributed by atoms with Crippen LogP contribution < -0.4 is 10.6 Å². The number of hydrogen-bond acceptors (Lipinski definition) is 5. The fourth-order valence-electron chi connectivity index (χ4n) is 1.42. The molecule has 7 nitrogen and oxygen atoms in total. The number of amides is 3. The van der Waals surface area contributed by atoms with E-state index in [2.05, 4.69) is 5.32 Å². The lowest BCUT2D eigenvalue weighted by Crippen LogP contribution is -2.42. The summed E-state index contributed by atoms with van der Waals surface area (Å²) in [6.07, 6.45) is 0.651. The summed E-state index contributed by atoms with van der Waals surface area (Å²) in [7, 11) is 0. The lowest BCUT2D eigenvalue weighted by Gasteiger charge is -2.09. The molecule has 118 valence electrons. The van der Waals surface area contributed by atoms with E-state index in [-0.39, 0.29) is 11.5 Å². The normalized spacial score (nSPS) is 9.95. The van der Waals surface area contributed by atoms with Crippen LogP contribution in [0.1, 0.15) is 34.6 Å². The average molecular weight is 306 g/mol. The molecular weight excluding hydrogens is 288 g/mol. The second-order valence-electron chi connectivity index (χ2n) is 4.97. The number of hydrogen-bond donors (Lipinski definition) is 2. The van der Waals surface area contributed by atoms with Crippen LogP contribution in [0.25, 0.3) is 0 Å². The second kappa shape index (κ2) is 8.56. The molecule has 0 atom stereocenters. The molecule has 1 rings (SSSR count). The number of imide groups is 1. The summed E-state index contributed by atoms with van der Waals surface area (Å²) in [5.74, 6) is -1.18. The van der Waals surface area contributed by atoms with Gasteiger partial charge in [0.1, 0.15) is 6.29 Å². The second-order valence-corrected chi connectivity index (χ2v) is 4.97. The van der Waals surface area contributed by atoms with Gasteiger partial charge in [0.25, 0.3) is 5.91 Å². The molecule has 0 unspecified atom stereocenters. The van der Waals surface area contributed by atoms with Gasteiger partial charge in [-0.05, 0) is 18.1 Å². The third-order valence-corrected chi connectivity index (χ3v) is 2.54. The molecule has 0 heterocycles. The third kappa shape index (κ3) is 6.17. The highest BCUT2D eigenvalue weighted by Crippen LogP contribution is 2.04. The van der Waals surface area contributed by atoms with Gasteiger partial charge in [-0.1, -0.05) is 26.0 Å². The van der Waals surface area contributed by atoms with E-state index in [0.29, 0.717) is 18.4 Å². The summed E-state index contributed by atoms with van der Waals surface area (Å²) in [5, 5.41) is 4.55. The molecule has 0 bridgehead atoms. The molecule has 0 radical (unpaired) electrons. The fraction of sp³-hybridized carbons (Fsp3) is 0.333. The number of nitrogens with one attached hydrogen (secondary N) is 2. The van der Waals surface area contributed by atoms with E-state index in [1.165, 1.54) is 24.3 Å². The summed E-state index contributed by atoms with van der Waals surface area (Å²) in [4.78, 5) is 44.9. The number of aldehydes is 1. The van der Waals surface area contributed by atoms with Crippen molar-refractivity contribution in [2.45, 2.75) is 13.8 Å². The molecule has 1 aromatic carbocycles. The Labute approximate surface area is 128 Å². The average Bonchev–Trinajstić information content (AvgIpc) is 2.50. The number of carbonyl (C=O) groups is 4. The molecule has 7 heteroatoms. The number of benzene rings is 1. The maximum atomic E-state index is 11.7. The molecule has 0 aliphatic carbocycles. The molecule has 22 heavy (non-hydrogen) atoms. The molecule has 0 fully saturated rings. The van der Waals surface area contributed by atoms with E-state index in [4.69, 9.17) is 4.74 Å². The topological polar surface area (TPSA) is 102 Å². The van der Waals surface area contributed by atoms with Crippen molar-refractivity contribution in [1.82, 2.24) is 10.6 Å². The lowest BCUT2D eigenvalue weighted by molar-refractivity contribution is -0.123. The molecule has 0 spiro atoms. The van der Waals surface area contributed by atoms with Crippen LogP contribution in [-0.2, 0) is 9.53 Å². The molecular formula is C15H18N2O5. The van der Waals surface area contributed by atoms with Crippen LogP contribution in [0.3, 0.4) is 0 Å². The van der Waals surface area contributed by atoms with Crippen LogP contribution in [0.5, 0.6) is 0 Å². The zero-order chi connectivity index (χ0) is 16.5. The summed E-state index contributed by atoms with van der Waals surface area (Å²) < 4.78 is 4.77. The Morgan fingerprint density at radius 3 is 2.36 bits per heavy atom. The van der Waals surface area contributed by atoms with Crippen molar-refractivity contribution in [1.29, 1.82) is 0 Å². The van der Waals surface area contributed by atoms with Crippen LogP contribution in [-0.4, -0.2) is 37.3 Å². The standard InChI is InChI=1S/C15H18N2O5/c1-10(2)7-16-15(21)17-13(19)9-22-14(20)12-5-3-11(8-18)4-6-12/h3-6,8,10H,7,9H2,1-2H3,(H2,16,17,19,21). The van der Waals surface area contributed by atoms with Gasteiger partial charge in [0.05, 0.1) is 5.56 Å². The Morgan fingerprint density at radius 2 is 1.82 bits per heavy atom. The number of rotatable bonds is 6. The Hall–Kier alpha value is -2.70. The van der Waals surface area contributed by atoms with E-state index in [9.17, 15) is 19.2 Å². The third-order valence-electron chi connectivity index (χ3n) is 2.54. The van der Waals surface area contributed by atoms with Crippen molar-refractivity contribution in [2.75, 3.05) is 13.2 Å². The highest BCUT2D eigenvalue weighted by molar-refractivity contribution is 5.97. The van der Waals surface area contributed by atoms with Crippen molar-refractivity contribution in [3.63, 3.8) is 0 Å². The first kappa shape index (κ1) is 17.4. The molecule has 2 N–H and O–H groups in total. The van der Waals surface area contributed by atoms with Gasteiger partial charge in [0.15, 0.2) is 6.61 Å². The number of urea groups is 1. The van der Waals surface area contributed by atoms with Crippen LogP contribution in [0.2, 0.25) is 0 Å². The van der Waals surface area contributed by atoms with Gasteiger partial charge in [-0.2, -0.15) is 0 Å². The van der Waals surface area contributed by atoms with Gasteiger partial charge in [-0.25, -0.2) is 9.59 Å². The lowest BCUT2D eigenvalue weighted by atomic mass is 10.1. The Morgan fingerprint density at radius 1 is 1.18 bits per heavy atom. The molecule has 0 saturated heterocycles. The van der Waals surface area contributed by atoms with Crippen LogP contribution >= 0.6 is 0 Å². The van der Waals surface area contributed by atoms with Gasteiger partial charge in [-0.3, -0.25) is 14.9 Å². The molecule has 0 aromatic heterocycles. The van der Waals surface area contributed by atoms with Crippen LogP contribution in [0.4, 0.5) is 4.79 Å². The SMILES string of the molecule is CC(C)CNC(=O)NC(=O)COC(=O)c1ccc(C=O)cc1. The maximum Gasteiger partial charge on any atom is 0.338 e. The highest BCUT2D eigenvalue weighted by atomic mass is 16.5. The fourth-order valence-corrected chi connectivity index (χ4v) is 1.42. The molecule has 0 aliphatic heterocycles. The summed E-state index contributed by atoms with van der Waals surface area (Å²) in [6, 6.07) is 5.12. The van der Waals surface area contributed by atoms with E-state index < -0.39 is 24.5 Å². The van der Waals surface area contributed by atoms with E-state index in [0.717, 1.165) is 0 Å². The van der Waals surface area contributed by atoms with Crippen molar-refractivity contribution < 1.29 is 23.9 Å². The Balaban J connectivity index is 2.37. The molecule has 1 aromatic rings. The largest absolute Gasteiger partial charge is 0.452 e. The maximum absolute atomic E-state index is 11.7. The Bertz CT molecular complexity index is 552. The monoisotopic (exact) mass is 306 g/mol. The van der Waals surface area contributed by atoms with Crippen molar-refractivity contribution in [3.05, 3.63) is 35.4 Å². The summed E-state index contributed by atoms with van der Waals surface area (Å²) in [5.41, 5.74) is 0.638. The van der Waals surface area contributed by atoms with Gasteiger partial charge in [0, 0.05) is 12.1 Å². The first-order valence-corrected chi connectivity index (χ1v) is 6.72. The smallest absolute Gasteiger partial charge is 0.338 e. The first-order valence-electron chi connectivity index (χ1n) is 6.72. The quantitative estimate of drug-likeness (QED) is 0.606. The zero-order valence-electron chi connectivity index (χ0n) is 12.4. The number of esters is 1. The molecule has 3 amide bonds. The van der Waals surface area contributed by atoms with Crippen molar-refractivity contribution >= 4 is 24.2 Å². The predicted octanol–water partition coefficient (Wildman–Crippen LogP) is 1.14. The number of ether oxygens (including phenoxy) is 1. The highest BCUT2D eigenvalue weighted by Gasteiger charge is 2.12. The minimum atomic E-state index is -0.723. The summed E-state index contributed by atoms with van der Waals surface area (Å²) in [6.45, 7) is 3.70. The number of carbonyl (C=O) groups excluding carboxylic acids is 4. The van der Waals surface area contributed by atoms with E-state index in [1.807, 2.05) is 19.2 Å². The van der Waals surface area contributed by atoms with Crippen molar-refractivity contribution in [3.8, 4) is 0 Å².